The van der Waals surface area contributed by atoms with Crippen molar-refractivity contribution in [2.24, 2.45) is 0 Å². The summed E-state index contributed by atoms with van der Waals surface area (Å²) in [5.74, 6) is -1.05. The molecule has 1 N–H and O–H groups in total. The van der Waals surface area contributed by atoms with Gasteiger partial charge in [-0.3, -0.25) is 13.9 Å². The van der Waals surface area contributed by atoms with Gasteiger partial charge < -0.3 is 14.7 Å². The second kappa shape index (κ2) is 9.28. The molecule has 188 valence electrons. The molecule has 0 spiro atoms. The average Bonchev–Trinajstić information content (AvgIpc) is 3.39. The Bertz CT molecular complexity index is 1520. The molecular formula is C29H27N3O5. The number of carbonyl (C=O) groups is 2. The zero-order chi connectivity index (χ0) is 25.5. The van der Waals surface area contributed by atoms with E-state index in [1.165, 1.54) is 26.8 Å². The number of likely N-dealkylation sites (tertiary alicyclic amines) is 1. The fourth-order valence-corrected chi connectivity index (χ4v) is 5.87. The van der Waals surface area contributed by atoms with Crippen molar-refractivity contribution in [3.63, 3.8) is 0 Å². The summed E-state index contributed by atoms with van der Waals surface area (Å²) < 4.78 is 8.80. The zero-order valence-corrected chi connectivity index (χ0v) is 20.2. The molecule has 1 aliphatic carbocycles. The van der Waals surface area contributed by atoms with E-state index in [-0.39, 0.29) is 36.9 Å². The topological polar surface area (TPSA) is 93.8 Å². The van der Waals surface area contributed by atoms with Crippen molar-refractivity contribution < 1.29 is 19.4 Å². The van der Waals surface area contributed by atoms with Crippen LogP contribution in [0, 0.1) is 0 Å². The van der Waals surface area contributed by atoms with Gasteiger partial charge in [-0.25, -0.2) is 9.59 Å². The van der Waals surface area contributed by atoms with Crippen LogP contribution in [0.4, 0.5) is 4.79 Å². The highest BCUT2D eigenvalue weighted by Crippen LogP contribution is 2.44. The van der Waals surface area contributed by atoms with Crippen molar-refractivity contribution >= 4 is 23.1 Å². The molecule has 1 amide bonds. The van der Waals surface area contributed by atoms with Crippen molar-refractivity contribution in [2.75, 3.05) is 19.7 Å². The van der Waals surface area contributed by atoms with Gasteiger partial charge >= 0.3 is 17.8 Å². The summed E-state index contributed by atoms with van der Waals surface area (Å²) in [6.07, 6.45) is 0.831. The van der Waals surface area contributed by atoms with Crippen LogP contribution in [0.15, 0.2) is 77.6 Å². The Labute approximate surface area is 213 Å². The molecular weight excluding hydrogens is 470 g/mol. The number of benzene rings is 3. The third kappa shape index (κ3) is 3.98. The van der Waals surface area contributed by atoms with Gasteiger partial charge in [0.25, 0.3) is 0 Å². The number of hydrogen-bond donors (Lipinski definition) is 1. The van der Waals surface area contributed by atoms with Crippen LogP contribution in [0.25, 0.3) is 22.2 Å². The number of nitrogens with zero attached hydrogens (tertiary/aromatic N) is 3. The molecule has 0 unspecified atom stereocenters. The van der Waals surface area contributed by atoms with Crippen LogP contribution in [-0.2, 0) is 16.1 Å². The van der Waals surface area contributed by atoms with Crippen LogP contribution in [0.3, 0.4) is 0 Å². The molecule has 0 atom stereocenters. The van der Waals surface area contributed by atoms with Gasteiger partial charge in [-0.1, -0.05) is 60.7 Å². The van der Waals surface area contributed by atoms with Crippen molar-refractivity contribution in [3.8, 4) is 11.1 Å². The Morgan fingerprint density at radius 3 is 2.03 bits per heavy atom. The maximum absolute atomic E-state index is 13.1. The average molecular weight is 498 g/mol. The quantitative estimate of drug-likeness (QED) is 0.439. The first-order valence-corrected chi connectivity index (χ1v) is 12.5. The third-order valence-electron chi connectivity index (χ3n) is 7.59. The number of para-hydroxylation sites is 2. The monoisotopic (exact) mass is 497 g/mol. The highest BCUT2D eigenvalue weighted by atomic mass is 16.6. The van der Waals surface area contributed by atoms with Gasteiger partial charge in [0.05, 0.1) is 11.0 Å². The lowest BCUT2D eigenvalue weighted by molar-refractivity contribution is -0.137. The minimum atomic E-state index is -1.06. The predicted molar refractivity (Wildman–Crippen MR) is 139 cm³/mol. The van der Waals surface area contributed by atoms with Crippen molar-refractivity contribution in [3.05, 3.63) is 94.4 Å². The number of hydrogen-bond acceptors (Lipinski definition) is 4. The van der Waals surface area contributed by atoms with Crippen molar-refractivity contribution in [2.45, 2.75) is 31.3 Å². The minimum absolute atomic E-state index is 0.00725. The summed E-state index contributed by atoms with van der Waals surface area (Å²) in [4.78, 5) is 39.2. The van der Waals surface area contributed by atoms with E-state index in [2.05, 4.69) is 24.3 Å². The lowest BCUT2D eigenvalue weighted by Crippen LogP contribution is -2.41. The highest BCUT2D eigenvalue weighted by molar-refractivity contribution is 5.80. The normalized spacial score (nSPS) is 15.5. The van der Waals surface area contributed by atoms with Gasteiger partial charge in [-0.15, -0.1) is 0 Å². The van der Waals surface area contributed by atoms with Crippen LogP contribution in [0.1, 0.15) is 35.9 Å². The summed E-state index contributed by atoms with van der Waals surface area (Å²) in [7, 11) is 0. The molecule has 0 radical (unpaired) electrons. The van der Waals surface area contributed by atoms with E-state index in [0.29, 0.717) is 37.0 Å². The molecule has 37 heavy (non-hydrogen) atoms. The number of carbonyl (C=O) groups excluding carboxylic acids is 1. The molecule has 6 rings (SSSR count). The van der Waals surface area contributed by atoms with Crippen LogP contribution >= 0.6 is 0 Å². The highest BCUT2D eigenvalue weighted by Gasteiger charge is 2.31. The number of fused-ring (bicyclic) bond motifs is 4. The first-order valence-electron chi connectivity index (χ1n) is 12.5. The van der Waals surface area contributed by atoms with E-state index in [1.54, 1.807) is 21.6 Å². The number of carboxylic acid groups (broad SMARTS) is 1. The molecule has 0 saturated carbocycles. The lowest BCUT2D eigenvalue weighted by Gasteiger charge is -2.32. The maximum atomic E-state index is 13.1. The lowest BCUT2D eigenvalue weighted by atomic mass is 9.98. The Morgan fingerprint density at radius 1 is 0.838 bits per heavy atom. The number of carboxylic acids is 1. The Balaban J connectivity index is 1.14. The van der Waals surface area contributed by atoms with Crippen LogP contribution in [-0.4, -0.2) is 50.9 Å². The van der Waals surface area contributed by atoms with Crippen LogP contribution < -0.4 is 5.69 Å². The summed E-state index contributed by atoms with van der Waals surface area (Å²) in [6, 6.07) is 23.6. The number of ether oxygens (including phenoxy) is 1. The first-order chi connectivity index (χ1) is 18.0. The van der Waals surface area contributed by atoms with Gasteiger partial charge in [-0.2, -0.15) is 0 Å². The second-order valence-electron chi connectivity index (χ2n) is 9.64. The fraction of sp³-hybridized carbons (Fsp3) is 0.276. The van der Waals surface area contributed by atoms with Gasteiger partial charge in [0, 0.05) is 25.0 Å². The summed E-state index contributed by atoms with van der Waals surface area (Å²) >= 11 is 0. The zero-order valence-electron chi connectivity index (χ0n) is 20.2. The molecule has 0 bridgehead atoms. The van der Waals surface area contributed by atoms with Crippen LogP contribution in [0.5, 0.6) is 0 Å². The van der Waals surface area contributed by atoms with Crippen LogP contribution in [0.2, 0.25) is 0 Å². The van der Waals surface area contributed by atoms with Gasteiger partial charge in [0.15, 0.2) is 0 Å². The summed E-state index contributed by atoms with van der Waals surface area (Å²) in [5, 5.41) is 9.28. The predicted octanol–water partition coefficient (Wildman–Crippen LogP) is 4.47. The fourth-order valence-electron chi connectivity index (χ4n) is 5.87. The first kappa shape index (κ1) is 23.1. The second-order valence-corrected chi connectivity index (χ2v) is 9.64. The van der Waals surface area contributed by atoms with E-state index in [4.69, 9.17) is 4.74 Å². The number of rotatable bonds is 5. The maximum Gasteiger partial charge on any atom is 0.409 e. The molecule has 1 fully saturated rings. The Kier molecular flexibility index (Phi) is 5.79. The summed E-state index contributed by atoms with van der Waals surface area (Å²) in [5.41, 5.74) is 5.71. The standard InChI is InChI=1S/C29H27N3O5/c33-27(34)17-31-25-11-5-6-12-26(25)32(28(31)35)19-13-15-30(16-14-19)29(36)37-18-24-22-9-3-1-7-20(22)21-8-2-4-10-23(21)24/h1-12,19,24H,13-18H2,(H,33,34). The minimum Gasteiger partial charge on any atom is -0.480 e. The smallest absolute Gasteiger partial charge is 0.409 e. The number of imidazole rings is 1. The number of piperidine rings is 1. The summed E-state index contributed by atoms with van der Waals surface area (Å²) in [6.45, 7) is 0.818. The molecule has 8 heteroatoms. The molecule has 1 aromatic heterocycles. The Hall–Kier alpha value is -4.33. The molecule has 4 aromatic rings. The third-order valence-corrected chi connectivity index (χ3v) is 7.59. The van der Waals surface area contributed by atoms with E-state index in [1.807, 2.05) is 36.4 Å². The van der Waals surface area contributed by atoms with E-state index >= 15 is 0 Å². The molecule has 1 saturated heterocycles. The Morgan fingerprint density at radius 2 is 1.41 bits per heavy atom. The number of amides is 1. The van der Waals surface area contributed by atoms with Gasteiger partial charge in [-0.05, 0) is 47.2 Å². The molecule has 2 heterocycles. The molecule has 8 nitrogen and oxygen atoms in total. The van der Waals surface area contributed by atoms with Gasteiger partial charge in [0.2, 0.25) is 0 Å². The van der Waals surface area contributed by atoms with Crippen molar-refractivity contribution in [1.29, 1.82) is 0 Å². The molecule has 1 aliphatic heterocycles. The van der Waals surface area contributed by atoms with E-state index in [0.717, 1.165) is 0 Å². The largest absolute Gasteiger partial charge is 0.480 e. The molecule has 3 aromatic carbocycles. The number of aliphatic carboxylic acids is 1. The van der Waals surface area contributed by atoms with Crippen molar-refractivity contribution in [1.82, 2.24) is 14.0 Å². The van der Waals surface area contributed by atoms with Gasteiger partial charge in [0.1, 0.15) is 13.2 Å². The SMILES string of the molecule is O=C(O)Cn1c(=O)n(C2CCN(C(=O)OCC3c4ccccc4-c4ccccc43)CC2)c2ccccc21. The van der Waals surface area contributed by atoms with E-state index in [9.17, 15) is 19.5 Å². The van der Waals surface area contributed by atoms with E-state index < -0.39 is 5.97 Å². The number of aromatic nitrogens is 2. The molecule has 2 aliphatic rings.